The van der Waals surface area contributed by atoms with Crippen LogP contribution in [0.4, 0.5) is 8.78 Å². The molecule has 0 bridgehead atoms. The predicted octanol–water partition coefficient (Wildman–Crippen LogP) is 4.60. The summed E-state index contributed by atoms with van der Waals surface area (Å²) in [6, 6.07) is 10.9. The zero-order chi connectivity index (χ0) is 27.4. The molecule has 2 heterocycles. The Kier molecular flexibility index (Phi) is 7.72. The number of ether oxygens (including phenoxy) is 2. The van der Waals surface area contributed by atoms with Gasteiger partial charge in [0, 0.05) is 35.3 Å². The Morgan fingerprint density at radius 3 is 2.58 bits per heavy atom. The van der Waals surface area contributed by atoms with Crippen molar-refractivity contribution in [1.29, 1.82) is 5.41 Å². The Morgan fingerprint density at radius 2 is 1.92 bits per heavy atom. The molecule has 0 unspecified atom stereocenters. The van der Waals surface area contributed by atoms with Gasteiger partial charge in [0.25, 0.3) is 5.56 Å². The van der Waals surface area contributed by atoms with E-state index < -0.39 is 17.8 Å². The summed E-state index contributed by atoms with van der Waals surface area (Å²) in [6.45, 7) is 2.86. The Labute approximate surface area is 218 Å². The van der Waals surface area contributed by atoms with Gasteiger partial charge in [-0.15, -0.1) is 0 Å². The Bertz CT molecular complexity index is 1500. The third kappa shape index (κ3) is 6.15. The van der Waals surface area contributed by atoms with Crippen molar-refractivity contribution in [3.8, 4) is 17.3 Å². The number of allylic oxidation sites excluding steroid dienone is 5. The summed E-state index contributed by atoms with van der Waals surface area (Å²) in [5.74, 6) is 0.303. The van der Waals surface area contributed by atoms with Gasteiger partial charge in [0.1, 0.15) is 5.75 Å². The van der Waals surface area contributed by atoms with E-state index in [0.717, 1.165) is 0 Å². The highest BCUT2D eigenvalue weighted by Crippen LogP contribution is 2.27. The fourth-order valence-corrected chi connectivity index (χ4v) is 3.88. The van der Waals surface area contributed by atoms with Crippen molar-refractivity contribution in [3.63, 3.8) is 0 Å². The lowest BCUT2D eigenvalue weighted by Crippen LogP contribution is -2.32. The molecule has 0 amide bonds. The zero-order valence-corrected chi connectivity index (χ0v) is 21.2. The molecule has 8 nitrogen and oxygen atoms in total. The van der Waals surface area contributed by atoms with Crippen LogP contribution in [0.25, 0.3) is 22.3 Å². The van der Waals surface area contributed by atoms with Crippen LogP contribution < -0.4 is 20.3 Å². The molecular weight excluding hydrogens is 494 g/mol. The van der Waals surface area contributed by atoms with Gasteiger partial charge in [-0.3, -0.25) is 9.36 Å². The average molecular weight is 523 g/mol. The molecule has 1 aliphatic carbocycles. The third-order valence-electron chi connectivity index (χ3n) is 5.59. The molecule has 0 saturated carbocycles. The lowest BCUT2D eigenvalue weighted by Gasteiger charge is -2.18. The molecule has 1 aliphatic rings. The van der Waals surface area contributed by atoms with Gasteiger partial charge in [-0.05, 0) is 74.9 Å². The number of aliphatic hydroxyl groups is 1. The summed E-state index contributed by atoms with van der Waals surface area (Å²) < 4.78 is 36.6. The first-order chi connectivity index (χ1) is 18.1. The van der Waals surface area contributed by atoms with E-state index in [1.807, 2.05) is 6.92 Å². The molecule has 1 aromatic carbocycles. The van der Waals surface area contributed by atoms with E-state index in [-0.39, 0.29) is 18.0 Å². The zero-order valence-electron chi connectivity index (χ0n) is 21.2. The number of halogens is 2. The van der Waals surface area contributed by atoms with Crippen molar-refractivity contribution in [1.82, 2.24) is 14.9 Å². The maximum absolute atomic E-state index is 13.9. The highest BCUT2D eigenvalue weighted by molar-refractivity contribution is 6.13. The van der Waals surface area contributed by atoms with Crippen LogP contribution in [0.15, 0.2) is 77.3 Å². The van der Waals surface area contributed by atoms with Crippen molar-refractivity contribution in [2.75, 3.05) is 13.2 Å². The second kappa shape index (κ2) is 11.0. The molecular formula is C28H28F2N4O4. The van der Waals surface area contributed by atoms with E-state index in [1.54, 1.807) is 56.5 Å². The molecule has 38 heavy (non-hydrogen) atoms. The molecule has 3 N–H and O–H groups in total. The lowest BCUT2D eigenvalue weighted by atomic mass is 9.95. The van der Waals surface area contributed by atoms with E-state index in [2.05, 4.69) is 15.0 Å². The third-order valence-corrected chi connectivity index (χ3v) is 5.59. The summed E-state index contributed by atoms with van der Waals surface area (Å²) in [4.78, 5) is 18.4. The van der Waals surface area contributed by atoms with Crippen LogP contribution in [0.5, 0.6) is 11.6 Å². The Morgan fingerprint density at radius 1 is 1.18 bits per heavy atom. The van der Waals surface area contributed by atoms with Gasteiger partial charge < -0.3 is 25.3 Å². The van der Waals surface area contributed by atoms with Gasteiger partial charge >= 0.3 is 6.61 Å². The fourth-order valence-electron chi connectivity index (χ4n) is 3.88. The van der Waals surface area contributed by atoms with Crippen LogP contribution in [-0.4, -0.2) is 45.7 Å². The van der Waals surface area contributed by atoms with Gasteiger partial charge in [0.05, 0.1) is 23.6 Å². The second-order valence-electron chi connectivity index (χ2n) is 9.21. The van der Waals surface area contributed by atoms with Gasteiger partial charge in [-0.2, -0.15) is 13.8 Å². The van der Waals surface area contributed by atoms with Crippen molar-refractivity contribution in [2.45, 2.75) is 33.0 Å². The number of alkyl halides is 2. The monoisotopic (exact) mass is 522 g/mol. The topological polar surface area (TPSA) is 109 Å². The first-order valence-electron chi connectivity index (χ1n) is 12.0. The molecule has 0 saturated heterocycles. The maximum atomic E-state index is 13.9. The van der Waals surface area contributed by atoms with Crippen molar-refractivity contribution in [3.05, 3.63) is 88.4 Å². The minimum atomic E-state index is -2.97. The van der Waals surface area contributed by atoms with E-state index in [0.29, 0.717) is 45.9 Å². The Hall–Kier alpha value is -4.31. The predicted molar refractivity (Wildman–Crippen MR) is 142 cm³/mol. The minimum absolute atomic E-state index is 0.0370. The number of rotatable bonds is 9. The SMILES string of the molecule is CCOc1ccc2cc(C3=C/C(=C/NCC(C)(C)O)C(=N)C=C3)c(=O)n(-c3ccc(OC(F)F)cc3)c2n1. The van der Waals surface area contributed by atoms with E-state index in [1.165, 1.54) is 28.8 Å². The largest absolute Gasteiger partial charge is 0.478 e. The minimum Gasteiger partial charge on any atom is -0.478 e. The van der Waals surface area contributed by atoms with Crippen LogP contribution in [0.1, 0.15) is 26.3 Å². The number of benzene rings is 1. The molecule has 3 aromatic rings. The van der Waals surface area contributed by atoms with Crippen molar-refractivity contribution in [2.24, 2.45) is 0 Å². The summed E-state index contributed by atoms with van der Waals surface area (Å²) in [5.41, 5.74) is 1.12. The number of aromatic nitrogens is 2. The molecule has 0 atom stereocenters. The first-order valence-corrected chi connectivity index (χ1v) is 12.0. The van der Waals surface area contributed by atoms with Gasteiger partial charge in [0.2, 0.25) is 5.88 Å². The number of nitrogens with one attached hydrogen (secondary N) is 2. The maximum Gasteiger partial charge on any atom is 0.387 e. The molecule has 2 aromatic heterocycles. The molecule has 10 heteroatoms. The van der Waals surface area contributed by atoms with Crippen molar-refractivity contribution >= 4 is 22.3 Å². The Balaban J connectivity index is 1.86. The van der Waals surface area contributed by atoms with Gasteiger partial charge in [0.15, 0.2) is 5.65 Å². The number of hydrogen-bond donors (Lipinski definition) is 3. The quantitative estimate of drug-likeness (QED) is 0.379. The standard InChI is InChI=1S/C28H28F2N4O4/c1-4-37-24-12-6-18-14-22(17-5-11-23(31)19(13-17)15-32-16-28(2,3)36)26(35)34(25(18)33-24)20-7-9-21(10-8-20)38-27(29)30/h5-15,27,31-32,36H,4,16H2,1-3H3/b19-15-,31-23?. The van der Waals surface area contributed by atoms with Crippen LogP contribution in [0, 0.1) is 5.41 Å². The number of nitrogens with zero attached hydrogens (tertiary/aromatic N) is 2. The number of fused-ring (bicyclic) bond motifs is 1. The van der Waals surface area contributed by atoms with Crippen LogP contribution in [0.3, 0.4) is 0 Å². The van der Waals surface area contributed by atoms with E-state index in [9.17, 15) is 18.7 Å². The number of hydrogen-bond acceptors (Lipinski definition) is 7. The van der Waals surface area contributed by atoms with Gasteiger partial charge in [-0.1, -0.05) is 6.08 Å². The molecule has 4 rings (SSSR count). The van der Waals surface area contributed by atoms with Crippen LogP contribution >= 0.6 is 0 Å². The summed E-state index contributed by atoms with van der Waals surface area (Å²) >= 11 is 0. The lowest BCUT2D eigenvalue weighted by molar-refractivity contribution is -0.0498. The molecule has 0 radical (unpaired) electrons. The fraction of sp³-hybridized carbons (Fsp3) is 0.250. The van der Waals surface area contributed by atoms with Crippen LogP contribution in [-0.2, 0) is 0 Å². The van der Waals surface area contributed by atoms with Crippen LogP contribution in [0.2, 0.25) is 0 Å². The normalized spacial score (nSPS) is 14.8. The van der Waals surface area contributed by atoms with Gasteiger partial charge in [-0.25, -0.2) is 0 Å². The average Bonchev–Trinajstić information content (AvgIpc) is 2.85. The summed E-state index contributed by atoms with van der Waals surface area (Å²) in [6.07, 6.45) is 6.62. The van der Waals surface area contributed by atoms with E-state index >= 15 is 0 Å². The highest BCUT2D eigenvalue weighted by atomic mass is 19.3. The highest BCUT2D eigenvalue weighted by Gasteiger charge is 2.18. The number of pyridine rings is 2. The summed E-state index contributed by atoms with van der Waals surface area (Å²) in [7, 11) is 0. The van der Waals surface area contributed by atoms with Crippen molar-refractivity contribution < 1.29 is 23.4 Å². The molecule has 0 spiro atoms. The molecule has 0 fully saturated rings. The molecule has 0 aliphatic heterocycles. The summed E-state index contributed by atoms with van der Waals surface area (Å²) in [5, 5.41) is 21.9. The first kappa shape index (κ1) is 26.7. The second-order valence-corrected chi connectivity index (χ2v) is 9.21. The molecule has 198 valence electrons. The smallest absolute Gasteiger partial charge is 0.387 e. The van der Waals surface area contributed by atoms with E-state index in [4.69, 9.17) is 10.1 Å².